The van der Waals surface area contributed by atoms with Crippen molar-refractivity contribution in [1.82, 2.24) is 10.6 Å². The van der Waals surface area contributed by atoms with Gasteiger partial charge in [0.15, 0.2) is 31.5 Å². The molecule has 10 unspecified atom stereocenters. The van der Waals surface area contributed by atoms with Gasteiger partial charge >= 0.3 is 0 Å². The van der Waals surface area contributed by atoms with E-state index in [4.69, 9.17) is 47.4 Å². The highest BCUT2D eigenvalue weighted by Crippen LogP contribution is 2.37. The molecule has 30 nitrogen and oxygen atoms in total. The second-order valence-electron chi connectivity index (χ2n) is 29.2. The van der Waals surface area contributed by atoms with Gasteiger partial charge in [0.1, 0.15) is 122 Å². The van der Waals surface area contributed by atoms with Crippen molar-refractivity contribution >= 4 is 11.8 Å². The molecule has 5 fully saturated rings. The fourth-order valence-corrected chi connectivity index (χ4v) is 14.3. The first-order valence-electron chi connectivity index (χ1n) is 39.5. The molecule has 5 heterocycles. The minimum absolute atomic E-state index is 0.190. The van der Waals surface area contributed by atoms with Crippen LogP contribution in [-0.2, 0) is 57.0 Å². The van der Waals surface area contributed by atoms with Gasteiger partial charge in [-0.15, -0.1) is 0 Å². The van der Waals surface area contributed by atoms with Crippen LogP contribution in [0.4, 0.5) is 0 Å². The highest BCUT2D eigenvalue weighted by molar-refractivity contribution is 5.76. The summed E-state index contributed by atoms with van der Waals surface area (Å²) in [6, 6.07) is -2.83. The zero-order chi connectivity index (χ0) is 75.9. The van der Waals surface area contributed by atoms with E-state index < -0.39 is 211 Å². The number of unbranched alkanes of at least 4 members (excludes halogenated alkanes) is 31. The number of hydrogen-bond acceptors (Lipinski definition) is 28. The van der Waals surface area contributed by atoms with Gasteiger partial charge in [-0.2, -0.15) is 0 Å². The number of nitrogens with one attached hydrogen (secondary N) is 2. The van der Waals surface area contributed by atoms with Crippen LogP contribution in [0.1, 0.15) is 239 Å². The summed E-state index contributed by atoms with van der Waals surface area (Å²) < 4.78 is 58.6. The summed E-state index contributed by atoms with van der Waals surface area (Å²) in [5.41, 5.74) is 0. The quantitative estimate of drug-likeness (QED) is 0.0306. The number of aliphatic hydroxyl groups is 16. The van der Waals surface area contributed by atoms with E-state index in [1.54, 1.807) is 6.08 Å². The summed E-state index contributed by atoms with van der Waals surface area (Å²) >= 11 is 0. The summed E-state index contributed by atoms with van der Waals surface area (Å²) in [4.78, 5) is 26.5. The number of allylic oxidation sites excluding steroid dienone is 1. The van der Waals surface area contributed by atoms with Gasteiger partial charge in [0.05, 0.1) is 51.8 Å². The van der Waals surface area contributed by atoms with E-state index in [2.05, 4.69) is 24.5 Å². The normalized spacial score (nSPS) is 34.7. The van der Waals surface area contributed by atoms with Crippen molar-refractivity contribution in [2.45, 2.75) is 405 Å². The first-order chi connectivity index (χ1) is 50.2. The summed E-state index contributed by atoms with van der Waals surface area (Å²) in [5, 5.41) is 181. The largest absolute Gasteiger partial charge is 0.394 e. The zero-order valence-electron chi connectivity index (χ0n) is 62.1. The lowest BCUT2D eigenvalue weighted by molar-refractivity contribution is -0.386. The predicted molar refractivity (Wildman–Crippen MR) is 377 cm³/mol. The van der Waals surface area contributed by atoms with Crippen LogP contribution in [0.2, 0.25) is 0 Å². The first-order valence-corrected chi connectivity index (χ1v) is 39.5. The molecule has 0 aromatic carbocycles. The lowest BCUT2D eigenvalue weighted by atomic mass is 9.94. The SMILES string of the molecule is CCCCCCCCCCCCC/C=C/[C@@H](O)[C@H](CO[C@@H]1OC(CO)[C@@H](O[C@@H]2OC(CO)[C@H](O)[C@H](O[C@@H]3OC(CO)[C@@H](O)[C@H](O[C@@H]4OC(CO)[C@H](O)[C@H](O[C@@H]5OC(CO)[C@H](O)[C@H](O)C5O)C4O)C3NC(C)=O)C2O)[C@H](O)C1O)NC(=O)CCCCCCCCCCCCCCCCCCCCCCC. The fraction of sp³-hybridized carbons (Fsp3) is 0.946. The van der Waals surface area contributed by atoms with Crippen LogP contribution in [-0.4, -0.2) is 299 Å². The molecule has 27 atom stereocenters. The summed E-state index contributed by atoms with van der Waals surface area (Å²) in [6.45, 7) is 0.314. The molecule has 30 heteroatoms. The minimum atomic E-state index is -2.18. The predicted octanol–water partition coefficient (Wildman–Crippen LogP) is 1.95. The van der Waals surface area contributed by atoms with Gasteiger partial charge in [-0.3, -0.25) is 9.59 Å². The molecule has 0 aromatic rings. The number of carbonyl (C=O) groups excluding carboxylic acids is 2. The highest BCUT2D eigenvalue weighted by Gasteiger charge is 2.57. The fourth-order valence-electron chi connectivity index (χ4n) is 14.3. The van der Waals surface area contributed by atoms with Gasteiger partial charge in [-0.05, 0) is 19.3 Å². The maximum absolute atomic E-state index is 13.5. The zero-order valence-corrected chi connectivity index (χ0v) is 62.1. The first kappa shape index (κ1) is 92.2. The van der Waals surface area contributed by atoms with Crippen molar-refractivity contribution in [3.8, 4) is 0 Å². The lowest BCUT2D eigenvalue weighted by Crippen LogP contribution is -2.70. The van der Waals surface area contributed by atoms with Crippen LogP contribution in [0.3, 0.4) is 0 Å². The van der Waals surface area contributed by atoms with Crippen molar-refractivity contribution in [2.75, 3.05) is 39.6 Å². The summed E-state index contributed by atoms with van der Waals surface area (Å²) in [6.07, 6.45) is -3.52. The van der Waals surface area contributed by atoms with Crippen LogP contribution >= 0.6 is 0 Å². The van der Waals surface area contributed by atoms with E-state index in [9.17, 15) is 91.3 Å². The standard InChI is InChI=1S/C74H136N2O28/c1-4-6-8-10-12-14-16-18-19-20-21-22-23-24-25-27-29-31-33-35-37-39-54(84)76-47(48(83)38-36-34-32-30-28-26-17-15-13-11-9-7-5-2)45-95-71-63(92)61(90)66(53(44-81)100-71)101-73-64(93)68(58(87)51(42-79)98-73)103-70-55(75-46(3)82)67(57(86)50(41-78)96-70)102-74-65(94)69(59(88)52(43-80)99-74)104-72-62(91)60(89)56(85)49(40-77)97-72/h36,38,47-53,55-74,77-81,83,85-94H,4-35,37,39-45H2,1-3H3,(H,75,82)(H,76,84)/b38-36+/t47-,48+,49?,50?,51?,52?,53?,55?,56-,57+,58-,59-,60-,61+,62?,63?,64?,65?,66+,67+,68-,69-,70-,71+,72-,73-,74-/m0/s1. The smallest absolute Gasteiger partial charge is 0.220 e. The Kier molecular flexibility index (Phi) is 46.1. The average Bonchev–Trinajstić information content (AvgIpc) is 0.772. The Balaban J connectivity index is 1.19. The minimum Gasteiger partial charge on any atom is -0.394 e. The molecular formula is C74H136N2O28. The van der Waals surface area contributed by atoms with Crippen LogP contribution in [0.25, 0.3) is 0 Å². The Morgan fingerprint density at radius 2 is 0.712 bits per heavy atom. The second kappa shape index (κ2) is 52.0. The second-order valence-corrected chi connectivity index (χ2v) is 29.2. The van der Waals surface area contributed by atoms with E-state index in [1.165, 1.54) is 148 Å². The van der Waals surface area contributed by atoms with Gasteiger partial charge in [-0.1, -0.05) is 219 Å². The third-order valence-corrected chi connectivity index (χ3v) is 20.7. The van der Waals surface area contributed by atoms with E-state index in [0.29, 0.717) is 12.8 Å². The molecule has 2 amide bonds. The number of rotatable bonds is 54. The molecule has 0 bridgehead atoms. The summed E-state index contributed by atoms with van der Waals surface area (Å²) in [5.74, 6) is -1.17. The Labute approximate surface area is 615 Å². The molecular weight excluding hydrogens is 1360 g/mol. The van der Waals surface area contributed by atoms with Crippen molar-refractivity contribution in [1.29, 1.82) is 0 Å². The maximum Gasteiger partial charge on any atom is 0.220 e. The van der Waals surface area contributed by atoms with Crippen molar-refractivity contribution < 1.29 is 139 Å². The van der Waals surface area contributed by atoms with E-state index in [0.717, 1.165) is 58.3 Å². The van der Waals surface area contributed by atoms with E-state index in [-0.39, 0.29) is 12.3 Å². The number of hydrogen-bond donors (Lipinski definition) is 18. The van der Waals surface area contributed by atoms with Crippen molar-refractivity contribution in [3.05, 3.63) is 12.2 Å². The Morgan fingerprint density at radius 3 is 1.13 bits per heavy atom. The molecule has 610 valence electrons. The highest BCUT2D eigenvalue weighted by atomic mass is 16.8. The molecule has 0 spiro atoms. The molecule has 5 saturated heterocycles. The van der Waals surface area contributed by atoms with E-state index in [1.807, 2.05) is 6.08 Å². The molecule has 104 heavy (non-hydrogen) atoms. The van der Waals surface area contributed by atoms with Crippen LogP contribution in [0.15, 0.2) is 12.2 Å². The van der Waals surface area contributed by atoms with Gasteiger partial charge in [0, 0.05) is 13.3 Å². The molecule has 0 saturated carbocycles. The van der Waals surface area contributed by atoms with E-state index >= 15 is 0 Å². The molecule has 5 rings (SSSR count). The van der Waals surface area contributed by atoms with Crippen molar-refractivity contribution in [3.63, 3.8) is 0 Å². The number of aliphatic hydroxyl groups excluding tert-OH is 16. The Hall–Kier alpha value is -2.36. The molecule has 0 radical (unpaired) electrons. The lowest BCUT2D eigenvalue weighted by Gasteiger charge is -2.50. The van der Waals surface area contributed by atoms with Gasteiger partial charge in [0.25, 0.3) is 0 Å². The van der Waals surface area contributed by atoms with Gasteiger partial charge in [-0.25, -0.2) is 0 Å². The maximum atomic E-state index is 13.5. The number of carbonyl (C=O) groups is 2. The molecule has 18 N–H and O–H groups in total. The van der Waals surface area contributed by atoms with Gasteiger partial charge in [0.2, 0.25) is 11.8 Å². The third kappa shape index (κ3) is 30.4. The van der Waals surface area contributed by atoms with Gasteiger partial charge < -0.3 is 140 Å². The van der Waals surface area contributed by atoms with Crippen LogP contribution in [0.5, 0.6) is 0 Å². The Bertz CT molecular complexity index is 2250. The van der Waals surface area contributed by atoms with Crippen LogP contribution in [0, 0.1) is 0 Å². The molecule has 5 aliphatic rings. The monoisotopic (exact) mass is 1500 g/mol. The molecule has 0 aromatic heterocycles. The average molecular weight is 1500 g/mol. The van der Waals surface area contributed by atoms with Crippen LogP contribution < -0.4 is 10.6 Å². The summed E-state index contributed by atoms with van der Waals surface area (Å²) in [7, 11) is 0. The number of amides is 2. The Morgan fingerprint density at radius 1 is 0.375 bits per heavy atom. The molecule has 5 aliphatic heterocycles. The number of ether oxygens (including phenoxy) is 10. The topological polar surface area (TPSA) is 474 Å². The third-order valence-electron chi connectivity index (χ3n) is 20.7. The molecule has 0 aliphatic carbocycles. The van der Waals surface area contributed by atoms with Crippen molar-refractivity contribution in [2.24, 2.45) is 0 Å².